The third kappa shape index (κ3) is 6.47. The monoisotopic (exact) mass is 447 g/mol. The Kier molecular flexibility index (Phi) is 7.48. The molecule has 0 saturated carbocycles. The molecule has 3 aromatic rings. The maximum absolute atomic E-state index is 12.2. The quantitative estimate of drug-likeness (QED) is 0.183. The molecule has 0 radical (unpaired) electrons. The predicted molar refractivity (Wildman–Crippen MR) is 122 cm³/mol. The largest absolute Gasteiger partial charge is 0.474 e. The summed E-state index contributed by atoms with van der Waals surface area (Å²) < 4.78 is 10.7. The van der Waals surface area contributed by atoms with Gasteiger partial charge < -0.3 is 9.47 Å². The van der Waals surface area contributed by atoms with E-state index in [1.165, 1.54) is 31.3 Å². The molecule has 0 aliphatic carbocycles. The molecule has 0 heterocycles. The van der Waals surface area contributed by atoms with E-state index in [1.54, 1.807) is 48.5 Å². The van der Waals surface area contributed by atoms with Gasteiger partial charge in [-0.05, 0) is 61.9 Å². The van der Waals surface area contributed by atoms with Crippen LogP contribution in [-0.4, -0.2) is 29.1 Å². The van der Waals surface area contributed by atoms with Crippen LogP contribution in [0.5, 0.6) is 11.5 Å². The highest BCUT2D eigenvalue weighted by Crippen LogP contribution is 2.26. The minimum atomic E-state index is -1.01. The number of hydrogen-bond acceptors (Lipinski definition) is 7. The van der Waals surface area contributed by atoms with Gasteiger partial charge in [-0.15, -0.1) is 0 Å². The molecule has 9 nitrogen and oxygen atoms in total. The molecule has 1 amide bonds. The summed E-state index contributed by atoms with van der Waals surface area (Å²) in [7, 11) is 0. The van der Waals surface area contributed by atoms with Crippen LogP contribution in [0.3, 0.4) is 0 Å². The summed E-state index contributed by atoms with van der Waals surface area (Å²) in [6.07, 6.45) is 0.397. The average molecular weight is 447 g/mol. The Morgan fingerprint density at radius 1 is 1.06 bits per heavy atom. The molecule has 0 fully saturated rings. The maximum Gasteiger partial charge on any atom is 0.343 e. The molecule has 168 valence electrons. The minimum absolute atomic E-state index is 0.00933. The van der Waals surface area contributed by atoms with E-state index in [-0.39, 0.29) is 11.4 Å². The van der Waals surface area contributed by atoms with E-state index in [9.17, 15) is 19.7 Å². The Labute approximate surface area is 189 Å². The van der Waals surface area contributed by atoms with Crippen LogP contribution < -0.4 is 14.9 Å². The summed E-state index contributed by atoms with van der Waals surface area (Å²) in [4.78, 5) is 34.8. The first-order chi connectivity index (χ1) is 15.8. The van der Waals surface area contributed by atoms with Crippen molar-refractivity contribution >= 4 is 23.8 Å². The molecule has 0 aliphatic heterocycles. The first kappa shape index (κ1) is 23.1. The van der Waals surface area contributed by atoms with Crippen LogP contribution in [0.15, 0.2) is 77.9 Å². The zero-order valence-corrected chi connectivity index (χ0v) is 17.9. The van der Waals surface area contributed by atoms with Gasteiger partial charge in [0, 0.05) is 6.07 Å². The van der Waals surface area contributed by atoms with Crippen LogP contribution in [0, 0.1) is 17.0 Å². The number of benzene rings is 3. The van der Waals surface area contributed by atoms with Gasteiger partial charge in [0.25, 0.3) is 5.91 Å². The second kappa shape index (κ2) is 10.7. The molecule has 0 bridgehead atoms. The number of nitrogens with one attached hydrogen (secondary N) is 1. The Bertz CT molecular complexity index is 1190. The predicted octanol–water partition coefficient (Wildman–Crippen LogP) is 4.04. The number of hydrazone groups is 1. The van der Waals surface area contributed by atoms with Crippen molar-refractivity contribution in [1.29, 1.82) is 0 Å². The molecule has 0 aliphatic rings. The van der Waals surface area contributed by atoms with Gasteiger partial charge in [0.2, 0.25) is 0 Å². The van der Waals surface area contributed by atoms with Crippen molar-refractivity contribution in [2.45, 2.75) is 20.0 Å². The van der Waals surface area contributed by atoms with E-state index in [4.69, 9.17) is 9.47 Å². The van der Waals surface area contributed by atoms with Gasteiger partial charge in [0.15, 0.2) is 11.9 Å². The first-order valence-electron chi connectivity index (χ1n) is 9.95. The number of carbonyl (C=O) groups is 2. The van der Waals surface area contributed by atoms with Crippen LogP contribution in [0.2, 0.25) is 0 Å². The lowest BCUT2D eigenvalue weighted by Gasteiger charge is -2.12. The second-order valence-corrected chi connectivity index (χ2v) is 7.05. The van der Waals surface area contributed by atoms with Crippen molar-refractivity contribution < 1.29 is 24.0 Å². The third-order valence-corrected chi connectivity index (χ3v) is 4.47. The standard InChI is InChI=1S/C24H21N3O6/c1-16-6-5-7-19(14-16)24(29)33-20-12-10-18(11-13-20)15-25-26-23(28)17(2)32-22-9-4-3-8-21(22)27(30)31/h3-15,17H,1-2H3,(H,26,28)/b25-15+. The lowest BCUT2D eigenvalue weighted by molar-refractivity contribution is -0.386. The number of nitro benzene ring substituents is 1. The molecule has 0 spiro atoms. The molecule has 0 aromatic heterocycles. The number of ether oxygens (including phenoxy) is 2. The molecule has 1 atom stereocenters. The Morgan fingerprint density at radius 3 is 2.48 bits per heavy atom. The fraction of sp³-hybridized carbons (Fsp3) is 0.125. The van der Waals surface area contributed by atoms with Gasteiger partial charge in [-0.25, -0.2) is 10.2 Å². The van der Waals surface area contributed by atoms with E-state index in [0.717, 1.165) is 5.56 Å². The molecule has 33 heavy (non-hydrogen) atoms. The van der Waals surface area contributed by atoms with Gasteiger partial charge in [-0.3, -0.25) is 14.9 Å². The average Bonchev–Trinajstić information content (AvgIpc) is 2.80. The van der Waals surface area contributed by atoms with Gasteiger partial charge in [-0.2, -0.15) is 5.10 Å². The molecule has 3 aromatic carbocycles. The number of esters is 1. The van der Waals surface area contributed by atoms with E-state index < -0.39 is 22.9 Å². The lowest BCUT2D eigenvalue weighted by atomic mass is 10.1. The topological polar surface area (TPSA) is 120 Å². The summed E-state index contributed by atoms with van der Waals surface area (Å²) in [6.45, 7) is 3.35. The third-order valence-electron chi connectivity index (χ3n) is 4.47. The lowest BCUT2D eigenvalue weighted by Crippen LogP contribution is -2.33. The molecular weight excluding hydrogens is 426 g/mol. The number of nitro groups is 1. The SMILES string of the molecule is Cc1cccc(C(=O)Oc2ccc(/C=N/NC(=O)C(C)Oc3ccccc3[N+](=O)[O-])cc2)c1. The summed E-state index contributed by atoms with van der Waals surface area (Å²) >= 11 is 0. The van der Waals surface area contributed by atoms with Crippen LogP contribution in [0.25, 0.3) is 0 Å². The number of para-hydroxylation sites is 2. The zero-order chi connectivity index (χ0) is 23.8. The van der Waals surface area contributed by atoms with Crippen molar-refractivity contribution in [3.05, 3.63) is 99.6 Å². The van der Waals surface area contributed by atoms with Crippen LogP contribution in [-0.2, 0) is 4.79 Å². The fourth-order valence-electron chi connectivity index (χ4n) is 2.77. The number of hydrogen-bond donors (Lipinski definition) is 1. The highest BCUT2D eigenvalue weighted by Gasteiger charge is 2.20. The van der Waals surface area contributed by atoms with Crippen molar-refractivity contribution in [2.24, 2.45) is 5.10 Å². The van der Waals surface area contributed by atoms with Crippen LogP contribution in [0.4, 0.5) is 5.69 Å². The molecular formula is C24H21N3O6. The molecule has 1 N–H and O–H groups in total. The normalized spacial score (nSPS) is 11.6. The number of amides is 1. The van der Waals surface area contributed by atoms with Crippen molar-refractivity contribution in [2.75, 3.05) is 0 Å². The summed E-state index contributed by atoms with van der Waals surface area (Å²) in [5.74, 6) is -0.674. The summed E-state index contributed by atoms with van der Waals surface area (Å²) in [5, 5.41) is 14.9. The highest BCUT2D eigenvalue weighted by molar-refractivity contribution is 5.91. The van der Waals surface area contributed by atoms with Gasteiger partial charge in [0.05, 0.1) is 16.7 Å². The van der Waals surface area contributed by atoms with E-state index in [1.807, 2.05) is 13.0 Å². The molecule has 3 rings (SSSR count). The number of aryl methyl sites for hydroxylation is 1. The number of carbonyl (C=O) groups excluding carboxylic acids is 2. The van der Waals surface area contributed by atoms with Crippen molar-refractivity contribution in [3.63, 3.8) is 0 Å². The molecule has 9 heteroatoms. The first-order valence-corrected chi connectivity index (χ1v) is 9.95. The molecule has 0 saturated heterocycles. The van der Waals surface area contributed by atoms with E-state index in [2.05, 4.69) is 10.5 Å². The van der Waals surface area contributed by atoms with Gasteiger partial charge in [0.1, 0.15) is 5.75 Å². The number of nitrogens with zero attached hydrogens (tertiary/aromatic N) is 2. The van der Waals surface area contributed by atoms with Crippen molar-refractivity contribution in [3.8, 4) is 11.5 Å². The Hall–Kier alpha value is -4.53. The summed E-state index contributed by atoms with van der Waals surface area (Å²) in [6, 6.07) is 19.4. The van der Waals surface area contributed by atoms with Gasteiger partial charge in [-0.1, -0.05) is 29.8 Å². The summed E-state index contributed by atoms with van der Waals surface area (Å²) in [5.41, 5.74) is 4.16. The van der Waals surface area contributed by atoms with Crippen LogP contribution >= 0.6 is 0 Å². The van der Waals surface area contributed by atoms with E-state index >= 15 is 0 Å². The number of rotatable bonds is 8. The fourth-order valence-corrected chi connectivity index (χ4v) is 2.77. The second-order valence-electron chi connectivity index (χ2n) is 7.05. The Morgan fingerprint density at radius 2 is 1.79 bits per heavy atom. The Balaban J connectivity index is 1.53. The molecule has 1 unspecified atom stereocenters. The highest BCUT2D eigenvalue weighted by atomic mass is 16.6. The van der Waals surface area contributed by atoms with Crippen LogP contribution in [0.1, 0.15) is 28.4 Å². The minimum Gasteiger partial charge on any atom is -0.474 e. The van der Waals surface area contributed by atoms with Gasteiger partial charge >= 0.3 is 11.7 Å². The maximum atomic E-state index is 12.2. The van der Waals surface area contributed by atoms with E-state index in [0.29, 0.717) is 16.9 Å². The zero-order valence-electron chi connectivity index (χ0n) is 17.9. The van der Waals surface area contributed by atoms with Crippen molar-refractivity contribution in [1.82, 2.24) is 5.43 Å². The smallest absolute Gasteiger partial charge is 0.343 e.